The van der Waals surface area contributed by atoms with Crippen molar-refractivity contribution >= 4 is 22.7 Å². The number of carbonyl (C=O) groups is 2. The van der Waals surface area contributed by atoms with E-state index in [-0.39, 0.29) is 17.6 Å². The Kier molecular flexibility index (Phi) is 2.74. The second-order valence-corrected chi connectivity index (χ2v) is 5.99. The Hall–Kier alpha value is -1.95. The molecular weight excluding hydrogens is 266 g/mol. The predicted octanol–water partition coefficient (Wildman–Crippen LogP) is 1.09. The lowest BCUT2D eigenvalue weighted by atomic mass is 10.0. The molecule has 0 saturated carbocycles. The Bertz CT molecular complexity index is 623. The fraction of sp³-hybridized carbons (Fsp3) is 0.231. The van der Waals surface area contributed by atoms with Crippen LogP contribution in [-0.2, 0) is 20.4 Å². The van der Waals surface area contributed by atoms with Crippen LogP contribution >= 0.6 is 0 Å². The standard InChI is InChI=1S/C13H11NO4S/c15-11-7-8-6-10(12(13(16)17)14(8)11)19(18)9-4-2-1-3-5-9/h1-5,8H,6-7H2,(H,16,17). The third kappa shape index (κ3) is 1.79. The predicted molar refractivity (Wildman–Crippen MR) is 67.4 cm³/mol. The van der Waals surface area contributed by atoms with Gasteiger partial charge in [-0.3, -0.25) is 4.79 Å². The molecule has 5 nitrogen and oxygen atoms in total. The first-order valence-corrected chi connectivity index (χ1v) is 7.00. The molecule has 1 aromatic rings. The number of β-lactam (4-membered cyclic amide) rings is 1. The summed E-state index contributed by atoms with van der Waals surface area (Å²) in [4.78, 5) is 24.9. The van der Waals surface area contributed by atoms with Gasteiger partial charge in [0.25, 0.3) is 0 Å². The van der Waals surface area contributed by atoms with Gasteiger partial charge < -0.3 is 10.0 Å². The summed E-state index contributed by atoms with van der Waals surface area (Å²) in [5.74, 6) is -1.39. The summed E-state index contributed by atoms with van der Waals surface area (Å²) in [5.41, 5.74) is -0.0940. The van der Waals surface area contributed by atoms with Gasteiger partial charge in [0.2, 0.25) is 5.91 Å². The number of aliphatic carboxylic acids is 1. The highest BCUT2D eigenvalue weighted by atomic mass is 32.2. The number of carboxylic acids is 1. The fourth-order valence-corrected chi connectivity index (χ4v) is 3.86. The zero-order valence-corrected chi connectivity index (χ0v) is 10.7. The van der Waals surface area contributed by atoms with Gasteiger partial charge in [-0.2, -0.15) is 0 Å². The highest BCUT2D eigenvalue weighted by Gasteiger charge is 2.48. The lowest BCUT2D eigenvalue weighted by Gasteiger charge is -2.34. The fourth-order valence-electron chi connectivity index (χ4n) is 2.47. The zero-order chi connectivity index (χ0) is 13.6. The first-order valence-electron chi connectivity index (χ1n) is 5.85. The Labute approximate surface area is 112 Å². The average molecular weight is 277 g/mol. The summed E-state index contributed by atoms with van der Waals surface area (Å²) in [6.07, 6.45) is 0.723. The van der Waals surface area contributed by atoms with Crippen LogP contribution in [0.1, 0.15) is 12.8 Å². The van der Waals surface area contributed by atoms with Gasteiger partial charge in [-0.1, -0.05) is 18.2 Å². The number of nitrogens with zero attached hydrogens (tertiary/aromatic N) is 1. The molecule has 1 fully saturated rings. The molecule has 0 bridgehead atoms. The number of rotatable bonds is 3. The number of amides is 1. The van der Waals surface area contributed by atoms with Crippen molar-refractivity contribution in [1.82, 2.24) is 4.90 Å². The topological polar surface area (TPSA) is 74.7 Å². The van der Waals surface area contributed by atoms with E-state index in [1.165, 1.54) is 4.90 Å². The summed E-state index contributed by atoms with van der Waals surface area (Å²) in [6, 6.07) is 8.58. The Balaban J connectivity index is 2.03. The van der Waals surface area contributed by atoms with E-state index < -0.39 is 16.8 Å². The molecule has 98 valence electrons. The maximum Gasteiger partial charge on any atom is 0.353 e. The van der Waals surface area contributed by atoms with Crippen molar-refractivity contribution in [2.45, 2.75) is 23.8 Å². The van der Waals surface area contributed by atoms with Gasteiger partial charge >= 0.3 is 5.97 Å². The average Bonchev–Trinajstić information content (AvgIpc) is 2.72. The highest BCUT2D eigenvalue weighted by molar-refractivity contribution is 7.89. The second-order valence-electron chi connectivity index (χ2n) is 4.48. The summed E-state index contributed by atoms with van der Waals surface area (Å²) >= 11 is 0. The normalized spacial score (nSPS) is 23.1. The van der Waals surface area contributed by atoms with E-state index in [4.69, 9.17) is 0 Å². The first-order chi connectivity index (χ1) is 9.09. The Morgan fingerprint density at radius 2 is 1.95 bits per heavy atom. The van der Waals surface area contributed by atoms with E-state index >= 15 is 0 Å². The Morgan fingerprint density at radius 1 is 1.26 bits per heavy atom. The molecular formula is C13H11NO4S. The molecule has 19 heavy (non-hydrogen) atoms. The van der Waals surface area contributed by atoms with Crippen molar-refractivity contribution < 1.29 is 18.9 Å². The summed E-state index contributed by atoms with van der Waals surface area (Å²) in [6.45, 7) is 0. The minimum absolute atomic E-state index is 0.0940. The highest BCUT2D eigenvalue weighted by Crippen LogP contribution is 2.40. The molecule has 0 aliphatic carbocycles. The third-order valence-electron chi connectivity index (χ3n) is 3.35. The number of fused-ring (bicyclic) bond motifs is 1. The lowest BCUT2D eigenvalue weighted by Crippen LogP contribution is -2.49. The second kappa shape index (κ2) is 4.31. The maximum absolute atomic E-state index is 12.4. The molecule has 6 heteroatoms. The number of benzene rings is 1. The lowest BCUT2D eigenvalue weighted by molar-refractivity contribution is -0.147. The van der Waals surface area contributed by atoms with Gasteiger partial charge in [-0.05, 0) is 12.1 Å². The molecule has 2 atom stereocenters. The first kappa shape index (κ1) is 12.1. The van der Waals surface area contributed by atoms with E-state index in [0.717, 1.165) is 0 Å². The van der Waals surface area contributed by atoms with Crippen LogP contribution in [0.5, 0.6) is 0 Å². The quantitative estimate of drug-likeness (QED) is 0.839. The molecule has 2 heterocycles. The molecule has 1 amide bonds. The van der Waals surface area contributed by atoms with Crippen molar-refractivity contribution in [1.29, 1.82) is 0 Å². The molecule has 0 radical (unpaired) electrons. The van der Waals surface area contributed by atoms with Crippen LogP contribution in [0, 0.1) is 0 Å². The Morgan fingerprint density at radius 3 is 2.53 bits per heavy atom. The number of hydrogen-bond donors (Lipinski definition) is 1. The van der Waals surface area contributed by atoms with Gasteiger partial charge in [0, 0.05) is 17.7 Å². The molecule has 0 spiro atoms. The summed E-state index contributed by atoms with van der Waals surface area (Å²) in [5, 5.41) is 9.23. The number of carboxylic acid groups (broad SMARTS) is 1. The van der Waals surface area contributed by atoms with Crippen molar-refractivity contribution in [3.63, 3.8) is 0 Å². The van der Waals surface area contributed by atoms with Crippen molar-refractivity contribution in [2.24, 2.45) is 0 Å². The monoisotopic (exact) mass is 277 g/mol. The maximum atomic E-state index is 12.4. The van der Waals surface area contributed by atoms with Gasteiger partial charge in [0.05, 0.1) is 21.7 Å². The van der Waals surface area contributed by atoms with Crippen LogP contribution in [0.2, 0.25) is 0 Å². The largest absolute Gasteiger partial charge is 0.477 e. The van der Waals surface area contributed by atoms with Gasteiger partial charge in [0.1, 0.15) is 5.70 Å². The van der Waals surface area contributed by atoms with Crippen LogP contribution in [0.4, 0.5) is 0 Å². The van der Waals surface area contributed by atoms with E-state index in [1.807, 2.05) is 0 Å². The minimum atomic E-state index is -1.52. The van der Waals surface area contributed by atoms with Crippen LogP contribution in [0.15, 0.2) is 45.8 Å². The molecule has 3 rings (SSSR count). The summed E-state index contributed by atoms with van der Waals surface area (Å²) in [7, 11) is -1.52. The van der Waals surface area contributed by atoms with E-state index in [0.29, 0.717) is 22.6 Å². The van der Waals surface area contributed by atoms with E-state index in [2.05, 4.69) is 0 Å². The van der Waals surface area contributed by atoms with Crippen LogP contribution < -0.4 is 0 Å². The zero-order valence-electron chi connectivity index (χ0n) is 9.91. The van der Waals surface area contributed by atoms with Crippen molar-refractivity contribution in [2.75, 3.05) is 0 Å². The SMILES string of the molecule is O=C(O)C1=C(S(=O)c2ccccc2)CC2CC(=O)N12. The van der Waals surface area contributed by atoms with Crippen molar-refractivity contribution in [3.8, 4) is 0 Å². The van der Waals surface area contributed by atoms with Gasteiger partial charge in [0.15, 0.2) is 0 Å². The smallest absolute Gasteiger partial charge is 0.353 e. The van der Waals surface area contributed by atoms with Crippen molar-refractivity contribution in [3.05, 3.63) is 40.9 Å². The number of hydrogen-bond acceptors (Lipinski definition) is 3. The summed E-state index contributed by atoms with van der Waals surface area (Å²) < 4.78 is 12.4. The molecule has 2 unspecified atom stereocenters. The third-order valence-corrected chi connectivity index (χ3v) is 4.86. The van der Waals surface area contributed by atoms with Gasteiger partial charge in [-0.15, -0.1) is 0 Å². The molecule has 1 N–H and O–H groups in total. The van der Waals surface area contributed by atoms with Crippen LogP contribution in [-0.4, -0.2) is 32.1 Å². The molecule has 0 aromatic heterocycles. The molecule has 2 aliphatic rings. The van der Waals surface area contributed by atoms with Crippen LogP contribution in [0.25, 0.3) is 0 Å². The van der Waals surface area contributed by atoms with E-state index in [1.54, 1.807) is 30.3 Å². The molecule has 2 aliphatic heterocycles. The number of carbonyl (C=O) groups excluding carboxylic acids is 1. The molecule has 1 saturated heterocycles. The minimum Gasteiger partial charge on any atom is -0.477 e. The van der Waals surface area contributed by atoms with Gasteiger partial charge in [-0.25, -0.2) is 9.00 Å². The van der Waals surface area contributed by atoms with E-state index in [9.17, 15) is 18.9 Å². The van der Waals surface area contributed by atoms with Crippen LogP contribution in [0.3, 0.4) is 0 Å². The molecule has 1 aromatic carbocycles.